The van der Waals surface area contributed by atoms with Crippen molar-refractivity contribution in [2.24, 2.45) is 0 Å². The Bertz CT molecular complexity index is 1330. The molecule has 4 aromatic rings. The van der Waals surface area contributed by atoms with Gasteiger partial charge in [-0.1, -0.05) is 228 Å². The van der Waals surface area contributed by atoms with Gasteiger partial charge in [0.25, 0.3) is 0 Å². The molecular formula is C57H105N7. The van der Waals surface area contributed by atoms with E-state index in [0.29, 0.717) is 0 Å². The highest BCUT2D eigenvalue weighted by atomic mass is 15.1. The number of hydrogen-bond acceptors (Lipinski definition) is 7. The van der Waals surface area contributed by atoms with Crippen molar-refractivity contribution >= 4 is 0 Å². The molecule has 0 aliphatic carbocycles. The van der Waals surface area contributed by atoms with Gasteiger partial charge in [-0.15, -0.1) is 0 Å². The van der Waals surface area contributed by atoms with Crippen LogP contribution in [0, 0.1) is 0 Å². The average molecular weight is 889 g/mol. The van der Waals surface area contributed by atoms with Gasteiger partial charge >= 0.3 is 0 Å². The second-order valence-corrected chi connectivity index (χ2v) is 23.3. The Labute approximate surface area is 399 Å². The van der Waals surface area contributed by atoms with E-state index >= 15 is 0 Å². The summed E-state index contributed by atoms with van der Waals surface area (Å²) in [5, 5.41) is 8.53. The van der Waals surface area contributed by atoms with Gasteiger partial charge in [0.05, 0.1) is 22.8 Å². The molecule has 0 unspecified atom stereocenters. The van der Waals surface area contributed by atoms with E-state index in [9.17, 15) is 0 Å². The summed E-state index contributed by atoms with van der Waals surface area (Å²) < 4.78 is 0. The van der Waals surface area contributed by atoms with Crippen LogP contribution in [-0.4, -0.2) is 35.1 Å². The lowest BCUT2D eigenvalue weighted by molar-refractivity contribution is 0.527. The molecule has 4 rings (SSSR count). The minimum absolute atomic E-state index is 0.0381. The lowest BCUT2D eigenvalue weighted by atomic mass is 9.86. The van der Waals surface area contributed by atoms with Gasteiger partial charge in [-0.25, -0.2) is 9.97 Å². The summed E-state index contributed by atoms with van der Waals surface area (Å²) in [6.07, 6.45) is 9.66. The van der Waals surface area contributed by atoms with E-state index < -0.39 is 0 Å². The molecule has 0 aromatic carbocycles. The summed E-state index contributed by atoms with van der Waals surface area (Å²) in [6, 6.07) is 8.48. The highest BCUT2D eigenvalue weighted by Gasteiger charge is 2.22. The fraction of sp³-hybridized carbons (Fsp3) is 0.702. The van der Waals surface area contributed by atoms with Gasteiger partial charge in [0.1, 0.15) is 5.82 Å². The Balaban J connectivity index is -0.000000355. The lowest BCUT2D eigenvalue weighted by Gasteiger charge is -2.22. The Morgan fingerprint density at radius 1 is 0.234 bits per heavy atom. The van der Waals surface area contributed by atoms with E-state index in [-0.39, 0.29) is 43.3 Å². The van der Waals surface area contributed by atoms with Crippen molar-refractivity contribution < 1.29 is 0 Å². The zero-order chi connectivity index (χ0) is 51.9. The zero-order valence-electron chi connectivity index (χ0n) is 48.3. The van der Waals surface area contributed by atoms with Crippen LogP contribution in [0.1, 0.15) is 267 Å². The predicted octanol–water partition coefficient (Wildman–Crippen LogP) is 17.0. The molecule has 0 spiro atoms. The summed E-state index contributed by atoms with van der Waals surface area (Å²) in [6.45, 7) is 67.8. The standard InChI is InChI=1S/C13H21N.3C12H20N2.4C2H6/c1-12(2,3)10-7-8-11(14-9-10)13(4,5)6;1-11(2,3)9-7-14-10(8-13-9)12(4,5)6;1-11(2,3)9-7-13-10(14-8-9)12(4,5)6;1-11(2,3)9-7-8-10(14-13-9)12(4,5)6;4*1-2/h7-9H,1-6H3;3*7-8H,1-6H3;4*1-2H3. The van der Waals surface area contributed by atoms with Gasteiger partial charge in [0.2, 0.25) is 0 Å². The lowest BCUT2D eigenvalue weighted by Crippen LogP contribution is -2.18. The van der Waals surface area contributed by atoms with Crippen LogP contribution >= 0.6 is 0 Å². The first kappa shape index (κ1) is 67.0. The minimum atomic E-state index is 0.0381. The molecule has 0 aliphatic heterocycles. The molecule has 0 N–H and O–H groups in total. The van der Waals surface area contributed by atoms with Crippen molar-refractivity contribution in [2.45, 2.75) is 265 Å². The smallest absolute Gasteiger partial charge is 0.133 e. The molecule has 368 valence electrons. The molecule has 64 heavy (non-hydrogen) atoms. The Morgan fingerprint density at radius 2 is 0.484 bits per heavy atom. The highest BCUT2D eigenvalue weighted by molar-refractivity contribution is 5.24. The van der Waals surface area contributed by atoms with Gasteiger partial charge in [0, 0.05) is 69.2 Å². The molecule has 0 bridgehead atoms. The molecule has 0 fully saturated rings. The monoisotopic (exact) mass is 888 g/mol. The van der Waals surface area contributed by atoms with Gasteiger partial charge in [-0.05, 0) is 40.2 Å². The van der Waals surface area contributed by atoms with E-state index in [2.05, 4.69) is 226 Å². The minimum Gasteiger partial charge on any atom is -0.260 e. The van der Waals surface area contributed by atoms with E-state index in [0.717, 1.165) is 34.3 Å². The Hall–Kier alpha value is -3.61. The molecule has 0 radical (unpaired) electrons. The van der Waals surface area contributed by atoms with Gasteiger partial charge in [-0.2, -0.15) is 10.2 Å². The van der Waals surface area contributed by atoms with Gasteiger partial charge in [-0.3, -0.25) is 15.0 Å². The van der Waals surface area contributed by atoms with Gasteiger partial charge < -0.3 is 0 Å². The molecule has 0 amide bonds. The largest absolute Gasteiger partial charge is 0.260 e. The maximum absolute atomic E-state index is 4.52. The molecule has 7 heteroatoms. The third-order valence-corrected chi connectivity index (χ3v) is 8.98. The highest BCUT2D eigenvalue weighted by Crippen LogP contribution is 2.27. The fourth-order valence-electron chi connectivity index (χ4n) is 4.62. The van der Waals surface area contributed by atoms with Crippen molar-refractivity contribution in [1.29, 1.82) is 0 Å². The van der Waals surface area contributed by atoms with Crippen LogP contribution in [0.25, 0.3) is 0 Å². The molecule has 7 nitrogen and oxygen atoms in total. The van der Waals surface area contributed by atoms with Crippen LogP contribution in [0.2, 0.25) is 0 Å². The van der Waals surface area contributed by atoms with Gasteiger partial charge in [0.15, 0.2) is 0 Å². The second-order valence-electron chi connectivity index (χ2n) is 23.3. The predicted molar refractivity (Wildman–Crippen MR) is 285 cm³/mol. The van der Waals surface area contributed by atoms with Crippen LogP contribution < -0.4 is 0 Å². The van der Waals surface area contributed by atoms with Crippen LogP contribution in [-0.2, 0) is 43.3 Å². The van der Waals surface area contributed by atoms with E-state index in [1.165, 1.54) is 11.1 Å². The maximum Gasteiger partial charge on any atom is 0.133 e. The summed E-state index contributed by atoms with van der Waals surface area (Å²) in [4.78, 5) is 22.2. The van der Waals surface area contributed by atoms with Crippen LogP contribution in [0.4, 0.5) is 0 Å². The van der Waals surface area contributed by atoms with Crippen LogP contribution in [0.15, 0.2) is 55.2 Å². The van der Waals surface area contributed by atoms with Crippen LogP contribution in [0.3, 0.4) is 0 Å². The summed E-state index contributed by atoms with van der Waals surface area (Å²) in [7, 11) is 0. The number of aromatic nitrogens is 7. The van der Waals surface area contributed by atoms with Crippen molar-refractivity contribution in [3.63, 3.8) is 0 Å². The molecule has 4 aromatic heterocycles. The number of hydrogen-bond donors (Lipinski definition) is 0. The van der Waals surface area contributed by atoms with Crippen LogP contribution in [0.5, 0.6) is 0 Å². The van der Waals surface area contributed by atoms with E-state index in [4.69, 9.17) is 0 Å². The molecule has 0 atom stereocenters. The summed E-state index contributed by atoms with van der Waals surface area (Å²) in [5.74, 6) is 0.908. The molecule has 4 heterocycles. The van der Waals surface area contributed by atoms with E-state index in [1.807, 2.05) is 86.4 Å². The summed E-state index contributed by atoms with van der Waals surface area (Å²) in [5.41, 5.74) is 8.69. The first-order valence-corrected chi connectivity index (χ1v) is 24.3. The third-order valence-electron chi connectivity index (χ3n) is 8.98. The topological polar surface area (TPSA) is 90.2 Å². The molecule has 0 aliphatic rings. The molecule has 0 saturated heterocycles. The average Bonchev–Trinajstić information content (AvgIpc) is 3.19. The fourth-order valence-corrected chi connectivity index (χ4v) is 4.62. The van der Waals surface area contributed by atoms with Crippen molar-refractivity contribution in [3.8, 4) is 0 Å². The Morgan fingerprint density at radius 3 is 0.672 bits per heavy atom. The number of rotatable bonds is 0. The maximum atomic E-state index is 4.52. The first-order valence-electron chi connectivity index (χ1n) is 24.3. The molecular weight excluding hydrogens is 783 g/mol. The molecule has 0 saturated carbocycles. The van der Waals surface area contributed by atoms with E-state index in [1.54, 1.807) is 0 Å². The second kappa shape index (κ2) is 28.4. The zero-order valence-corrected chi connectivity index (χ0v) is 48.3. The Kier molecular flexibility index (Phi) is 29.8. The normalized spacial score (nSPS) is 11.8. The summed E-state index contributed by atoms with van der Waals surface area (Å²) >= 11 is 0. The van der Waals surface area contributed by atoms with Crippen molar-refractivity contribution in [1.82, 2.24) is 35.1 Å². The third kappa shape index (κ3) is 27.0. The van der Waals surface area contributed by atoms with Crippen molar-refractivity contribution in [3.05, 3.63) is 101 Å². The number of nitrogens with zero attached hydrogens (tertiary/aromatic N) is 7. The quantitative estimate of drug-likeness (QED) is 0.174. The van der Waals surface area contributed by atoms with Crippen molar-refractivity contribution in [2.75, 3.05) is 0 Å². The SMILES string of the molecule is CC.CC.CC.CC.CC(C)(C)c1ccc(C(C)(C)C)nc1.CC(C)(C)c1ccc(C(C)(C)C)nn1.CC(C)(C)c1cnc(C(C)(C)C)cn1.CC(C)(C)c1cnc(C(C)(C)C)nc1. The number of pyridine rings is 1. The first-order chi connectivity index (χ1) is 28.8.